The molecule has 1 fully saturated rings. The number of amides is 3. The van der Waals surface area contributed by atoms with E-state index in [1.165, 1.54) is 0 Å². The van der Waals surface area contributed by atoms with Gasteiger partial charge in [-0.1, -0.05) is 0 Å². The van der Waals surface area contributed by atoms with Crippen LogP contribution in [0.15, 0.2) is 0 Å². The zero-order valence-electron chi connectivity index (χ0n) is 9.90. The Morgan fingerprint density at radius 2 is 2.06 bits per heavy atom. The van der Waals surface area contributed by atoms with Gasteiger partial charge in [0.1, 0.15) is 6.04 Å². The van der Waals surface area contributed by atoms with E-state index in [9.17, 15) is 9.59 Å². The van der Waals surface area contributed by atoms with Gasteiger partial charge in [0, 0.05) is 32.7 Å². The van der Waals surface area contributed by atoms with Crippen molar-refractivity contribution in [3.8, 4) is 0 Å². The molecule has 0 aromatic carbocycles. The molecule has 0 aromatic rings. The SMILES string of the molecule is CCN(CC)C(=O)N1CCNCC1C(N)=O. The monoisotopic (exact) mass is 228 g/mol. The number of nitrogens with zero attached hydrogens (tertiary/aromatic N) is 2. The summed E-state index contributed by atoms with van der Waals surface area (Å²) in [7, 11) is 0. The topological polar surface area (TPSA) is 78.7 Å². The number of carbonyl (C=O) groups excluding carboxylic acids is 2. The molecule has 92 valence electrons. The van der Waals surface area contributed by atoms with Gasteiger partial charge in [0.25, 0.3) is 0 Å². The van der Waals surface area contributed by atoms with E-state index in [2.05, 4.69) is 5.32 Å². The Morgan fingerprint density at radius 1 is 1.44 bits per heavy atom. The zero-order valence-corrected chi connectivity index (χ0v) is 9.90. The second-order valence-corrected chi connectivity index (χ2v) is 3.77. The van der Waals surface area contributed by atoms with Crippen molar-refractivity contribution in [3.05, 3.63) is 0 Å². The number of rotatable bonds is 3. The molecular formula is C10H20N4O2. The van der Waals surface area contributed by atoms with Crippen molar-refractivity contribution < 1.29 is 9.59 Å². The second-order valence-electron chi connectivity index (χ2n) is 3.77. The predicted molar refractivity (Wildman–Crippen MR) is 60.9 cm³/mol. The minimum absolute atomic E-state index is 0.102. The summed E-state index contributed by atoms with van der Waals surface area (Å²) in [5.74, 6) is -0.451. The number of piperazine rings is 1. The third kappa shape index (κ3) is 2.63. The van der Waals surface area contributed by atoms with E-state index in [1.54, 1.807) is 9.80 Å². The van der Waals surface area contributed by atoms with Gasteiger partial charge in [0.05, 0.1) is 0 Å². The van der Waals surface area contributed by atoms with Crippen LogP contribution < -0.4 is 11.1 Å². The maximum Gasteiger partial charge on any atom is 0.320 e. The predicted octanol–water partition coefficient (Wildman–Crippen LogP) is -0.793. The first-order valence-electron chi connectivity index (χ1n) is 5.67. The van der Waals surface area contributed by atoms with E-state index in [0.717, 1.165) is 0 Å². The van der Waals surface area contributed by atoms with Crippen molar-refractivity contribution in [2.75, 3.05) is 32.7 Å². The van der Waals surface area contributed by atoms with Gasteiger partial charge < -0.3 is 20.9 Å². The van der Waals surface area contributed by atoms with Crippen LogP contribution >= 0.6 is 0 Å². The van der Waals surface area contributed by atoms with Crippen molar-refractivity contribution in [1.82, 2.24) is 15.1 Å². The summed E-state index contributed by atoms with van der Waals surface area (Å²) in [5.41, 5.74) is 5.29. The Balaban J connectivity index is 2.74. The van der Waals surface area contributed by atoms with Crippen LogP contribution in [0.25, 0.3) is 0 Å². The highest BCUT2D eigenvalue weighted by Gasteiger charge is 2.32. The first-order chi connectivity index (χ1) is 7.61. The second kappa shape index (κ2) is 5.69. The minimum atomic E-state index is -0.526. The van der Waals surface area contributed by atoms with Gasteiger partial charge in [0.15, 0.2) is 0 Å². The van der Waals surface area contributed by atoms with Crippen LogP contribution in [0.2, 0.25) is 0 Å². The van der Waals surface area contributed by atoms with E-state index in [1.807, 2.05) is 13.8 Å². The normalized spacial score (nSPS) is 20.6. The summed E-state index contributed by atoms with van der Waals surface area (Å²) >= 11 is 0. The van der Waals surface area contributed by atoms with Gasteiger partial charge in [-0.3, -0.25) is 4.79 Å². The summed E-state index contributed by atoms with van der Waals surface area (Å²) in [6.07, 6.45) is 0. The Morgan fingerprint density at radius 3 is 2.56 bits per heavy atom. The number of primary amides is 1. The lowest BCUT2D eigenvalue weighted by Crippen LogP contribution is -2.61. The molecule has 0 bridgehead atoms. The zero-order chi connectivity index (χ0) is 12.1. The van der Waals surface area contributed by atoms with E-state index >= 15 is 0 Å². The molecule has 1 saturated heterocycles. The fraction of sp³-hybridized carbons (Fsp3) is 0.800. The Kier molecular flexibility index (Phi) is 4.54. The van der Waals surface area contributed by atoms with E-state index in [0.29, 0.717) is 32.7 Å². The summed E-state index contributed by atoms with van der Waals surface area (Å²) in [6.45, 7) is 6.81. The van der Waals surface area contributed by atoms with Crippen molar-refractivity contribution in [3.63, 3.8) is 0 Å². The average molecular weight is 228 g/mol. The van der Waals surface area contributed by atoms with E-state index in [4.69, 9.17) is 5.73 Å². The van der Waals surface area contributed by atoms with Gasteiger partial charge in [-0.05, 0) is 13.8 Å². The maximum absolute atomic E-state index is 12.1. The summed E-state index contributed by atoms with van der Waals surface area (Å²) < 4.78 is 0. The third-order valence-electron chi connectivity index (χ3n) is 2.85. The van der Waals surface area contributed by atoms with Gasteiger partial charge in [-0.25, -0.2) is 4.79 Å². The maximum atomic E-state index is 12.1. The molecule has 1 atom stereocenters. The number of nitrogens with one attached hydrogen (secondary N) is 1. The van der Waals surface area contributed by atoms with E-state index < -0.39 is 11.9 Å². The van der Waals surface area contributed by atoms with Crippen molar-refractivity contribution >= 4 is 11.9 Å². The standard InChI is InChI=1S/C10H20N4O2/c1-3-13(4-2)10(16)14-6-5-12-7-8(14)9(11)15/h8,12H,3-7H2,1-2H3,(H2,11,15). The number of nitrogens with two attached hydrogens (primary N) is 1. The molecule has 1 rings (SSSR count). The lowest BCUT2D eigenvalue weighted by Gasteiger charge is -2.37. The van der Waals surface area contributed by atoms with Gasteiger partial charge >= 0.3 is 6.03 Å². The summed E-state index contributed by atoms with van der Waals surface area (Å²) in [6, 6.07) is -0.628. The van der Waals surface area contributed by atoms with Gasteiger partial charge in [-0.15, -0.1) is 0 Å². The average Bonchev–Trinajstić information content (AvgIpc) is 2.30. The summed E-state index contributed by atoms with van der Waals surface area (Å²) in [4.78, 5) is 26.6. The molecule has 6 nitrogen and oxygen atoms in total. The van der Waals surface area contributed by atoms with Crippen LogP contribution in [-0.4, -0.2) is 60.5 Å². The van der Waals surface area contributed by atoms with Crippen molar-refractivity contribution in [2.24, 2.45) is 5.73 Å². The molecule has 3 amide bonds. The highest BCUT2D eigenvalue weighted by Crippen LogP contribution is 2.07. The molecule has 1 aliphatic rings. The third-order valence-corrected chi connectivity index (χ3v) is 2.85. The quantitative estimate of drug-likeness (QED) is 0.664. The van der Waals surface area contributed by atoms with Crippen LogP contribution in [-0.2, 0) is 4.79 Å². The lowest BCUT2D eigenvalue weighted by molar-refractivity contribution is -0.122. The molecule has 6 heteroatoms. The molecule has 16 heavy (non-hydrogen) atoms. The fourth-order valence-corrected chi connectivity index (χ4v) is 1.86. The molecule has 0 saturated carbocycles. The molecular weight excluding hydrogens is 208 g/mol. The van der Waals surface area contributed by atoms with Crippen LogP contribution in [0.5, 0.6) is 0 Å². The number of urea groups is 1. The smallest absolute Gasteiger partial charge is 0.320 e. The Labute approximate surface area is 95.8 Å². The first-order valence-corrected chi connectivity index (χ1v) is 5.67. The lowest BCUT2D eigenvalue weighted by atomic mass is 10.2. The molecule has 0 spiro atoms. The molecule has 3 N–H and O–H groups in total. The number of hydrogen-bond donors (Lipinski definition) is 2. The number of carbonyl (C=O) groups is 2. The largest absolute Gasteiger partial charge is 0.368 e. The summed E-state index contributed by atoms with van der Waals surface area (Å²) in [5, 5.41) is 3.06. The molecule has 1 aliphatic heterocycles. The van der Waals surface area contributed by atoms with E-state index in [-0.39, 0.29) is 6.03 Å². The molecule has 1 unspecified atom stereocenters. The highest BCUT2D eigenvalue weighted by molar-refractivity contribution is 5.86. The van der Waals surface area contributed by atoms with Crippen LogP contribution in [0.3, 0.4) is 0 Å². The molecule has 0 aromatic heterocycles. The minimum Gasteiger partial charge on any atom is -0.368 e. The van der Waals surface area contributed by atoms with Crippen molar-refractivity contribution in [1.29, 1.82) is 0 Å². The van der Waals surface area contributed by atoms with Gasteiger partial charge in [0.2, 0.25) is 5.91 Å². The van der Waals surface area contributed by atoms with Crippen LogP contribution in [0.4, 0.5) is 4.79 Å². The Bertz CT molecular complexity index is 266. The molecule has 1 heterocycles. The van der Waals surface area contributed by atoms with Crippen LogP contribution in [0, 0.1) is 0 Å². The molecule has 0 radical (unpaired) electrons. The first kappa shape index (κ1) is 12.8. The van der Waals surface area contributed by atoms with Crippen LogP contribution in [0.1, 0.15) is 13.8 Å². The Hall–Kier alpha value is -1.30. The fourth-order valence-electron chi connectivity index (χ4n) is 1.86. The molecule has 0 aliphatic carbocycles. The van der Waals surface area contributed by atoms with Crippen molar-refractivity contribution in [2.45, 2.75) is 19.9 Å². The highest BCUT2D eigenvalue weighted by atomic mass is 16.2. The number of hydrogen-bond acceptors (Lipinski definition) is 3. The van der Waals surface area contributed by atoms with Gasteiger partial charge in [-0.2, -0.15) is 0 Å².